The van der Waals surface area contributed by atoms with E-state index in [1.165, 1.54) is 0 Å². The monoisotopic (exact) mass is 216 g/mol. The van der Waals surface area contributed by atoms with E-state index in [1.807, 2.05) is 6.92 Å². The molecule has 1 aliphatic rings. The third-order valence-electron chi connectivity index (χ3n) is 2.68. The quantitative estimate of drug-likeness (QED) is 0.395. The van der Waals surface area contributed by atoms with Gasteiger partial charge in [0.05, 0.1) is 18.8 Å². The molecule has 1 amide bonds. The minimum atomic E-state index is -0.402. The number of hydrogen-bond acceptors (Lipinski definition) is 4. The highest BCUT2D eigenvalue weighted by Crippen LogP contribution is 2.20. The SMILES string of the molecule is CCC(C)OCC1CCC(C(=O)NN)O1. The number of carbonyl (C=O) groups excluding carboxylic acids is 1. The highest BCUT2D eigenvalue weighted by Gasteiger charge is 2.30. The van der Waals surface area contributed by atoms with Gasteiger partial charge >= 0.3 is 0 Å². The molecule has 3 atom stereocenters. The lowest BCUT2D eigenvalue weighted by Crippen LogP contribution is -2.39. The molecule has 0 bridgehead atoms. The molecule has 1 aliphatic heterocycles. The first-order chi connectivity index (χ1) is 7.17. The minimum Gasteiger partial charge on any atom is -0.376 e. The molecule has 1 fully saturated rings. The van der Waals surface area contributed by atoms with E-state index in [-0.39, 0.29) is 18.1 Å². The van der Waals surface area contributed by atoms with E-state index in [2.05, 4.69) is 12.3 Å². The zero-order chi connectivity index (χ0) is 11.3. The van der Waals surface area contributed by atoms with Crippen LogP contribution < -0.4 is 11.3 Å². The molecule has 0 aromatic carbocycles. The Labute approximate surface area is 90.3 Å². The number of ether oxygens (including phenoxy) is 2. The lowest BCUT2D eigenvalue weighted by molar-refractivity contribution is -0.133. The van der Waals surface area contributed by atoms with Crippen molar-refractivity contribution in [1.29, 1.82) is 0 Å². The third kappa shape index (κ3) is 3.77. The summed E-state index contributed by atoms with van der Waals surface area (Å²) in [6.45, 7) is 4.66. The van der Waals surface area contributed by atoms with E-state index >= 15 is 0 Å². The second-order valence-electron chi connectivity index (χ2n) is 3.88. The fourth-order valence-electron chi connectivity index (χ4n) is 1.50. The van der Waals surface area contributed by atoms with Gasteiger partial charge in [-0.05, 0) is 26.2 Å². The summed E-state index contributed by atoms with van der Waals surface area (Å²) in [5.41, 5.74) is 2.10. The van der Waals surface area contributed by atoms with Crippen LogP contribution in [0.1, 0.15) is 33.1 Å². The molecular formula is C10H20N2O3. The smallest absolute Gasteiger partial charge is 0.263 e. The first-order valence-corrected chi connectivity index (χ1v) is 5.44. The van der Waals surface area contributed by atoms with Gasteiger partial charge < -0.3 is 9.47 Å². The van der Waals surface area contributed by atoms with Crippen LogP contribution in [0.15, 0.2) is 0 Å². The molecule has 0 spiro atoms. The number of rotatable bonds is 5. The van der Waals surface area contributed by atoms with Crippen molar-refractivity contribution in [1.82, 2.24) is 5.43 Å². The van der Waals surface area contributed by atoms with Gasteiger partial charge in [-0.25, -0.2) is 5.84 Å². The van der Waals surface area contributed by atoms with Crippen LogP contribution in [0, 0.1) is 0 Å². The van der Waals surface area contributed by atoms with E-state index < -0.39 is 6.10 Å². The highest BCUT2D eigenvalue weighted by atomic mass is 16.5. The van der Waals surface area contributed by atoms with Crippen LogP contribution in [-0.2, 0) is 14.3 Å². The number of hydrazine groups is 1. The maximum atomic E-state index is 11.2. The summed E-state index contributed by atoms with van der Waals surface area (Å²) in [5, 5.41) is 0. The van der Waals surface area contributed by atoms with Crippen LogP contribution >= 0.6 is 0 Å². The molecule has 3 unspecified atom stereocenters. The number of nitrogens with two attached hydrogens (primary N) is 1. The molecule has 1 rings (SSSR count). The second kappa shape index (κ2) is 6.05. The normalized spacial score (nSPS) is 27.7. The standard InChI is InChI=1S/C10H20N2O3/c1-3-7(2)14-6-8-4-5-9(15-8)10(13)12-11/h7-9H,3-6,11H2,1-2H3,(H,12,13). The Balaban J connectivity index is 2.22. The average molecular weight is 216 g/mol. The van der Waals surface area contributed by atoms with Crippen molar-refractivity contribution >= 4 is 5.91 Å². The summed E-state index contributed by atoms with van der Waals surface area (Å²) in [4.78, 5) is 11.2. The van der Waals surface area contributed by atoms with E-state index in [1.54, 1.807) is 0 Å². The number of nitrogens with one attached hydrogen (secondary N) is 1. The van der Waals surface area contributed by atoms with Gasteiger partial charge in [0, 0.05) is 0 Å². The fraction of sp³-hybridized carbons (Fsp3) is 0.900. The van der Waals surface area contributed by atoms with Crippen molar-refractivity contribution in [3.05, 3.63) is 0 Å². The largest absolute Gasteiger partial charge is 0.376 e. The molecule has 0 aromatic heterocycles. The van der Waals surface area contributed by atoms with E-state index in [9.17, 15) is 4.79 Å². The number of hydrogen-bond donors (Lipinski definition) is 2. The maximum Gasteiger partial charge on any atom is 0.263 e. The Morgan fingerprint density at radius 2 is 2.40 bits per heavy atom. The summed E-state index contributed by atoms with van der Waals surface area (Å²) in [6.07, 6.45) is 2.43. The summed E-state index contributed by atoms with van der Waals surface area (Å²) in [6, 6.07) is 0. The summed E-state index contributed by atoms with van der Waals surface area (Å²) in [7, 11) is 0. The van der Waals surface area contributed by atoms with Crippen molar-refractivity contribution in [3.8, 4) is 0 Å². The zero-order valence-corrected chi connectivity index (χ0v) is 9.36. The minimum absolute atomic E-state index is 0.0290. The van der Waals surface area contributed by atoms with Crippen LogP contribution in [0.25, 0.3) is 0 Å². The van der Waals surface area contributed by atoms with Crippen molar-refractivity contribution in [2.75, 3.05) is 6.61 Å². The van der Waals surface area contributed by atoms with Crippen molar-refractivity contribution in [2.45, 2.75) is 51.4 Å². The van der Waals surface area contributed by atoms with Gasteiger partial charge in [0.25, 0.3) is 5.91 Å². The summed E-state index contributed by atoms with van der Waals surface area (Å²) < 4.78 is 11.0. The Morgan fingerprint density at radius 1 is 1.67 bits per heavy atom. The summed E-state index contributed by atoms with van der Waals surface area (Å²) in [5.74, 6) is 4.78. The van der Waals surface area contributed by atoms with E-state index in [4.69, 9.17) is 15.3 Å². The maximum absolute atomic E-state index is 11.2. The predicted molar refractivity (Wildman–Crippen MR) is 55.9 cm³/mol. The molecular weight excluding hydrogens is 196 g/mol. The second-order valence-corrected chi connectivity index (χ2v) is 3.88. The molecule has 88 valence electrons. The molecule has 1 saturated heterocycles. The van der Waals surface area contributed by atoms with Gasteiger partial charge in [0.2, 0.25) is 0 Å². The lowest BCUT2D eigenvalue weighted by atomic mass is 10.2. The first kappa shape index (κ1) is 12.4. The Morgan fingerprint density at radius 3 is 3.00 bits per heavy atom. The van der Waals surface area contributed by atoms with Gasteiger partial charge in [-0.3, -0.25) is 10.2 Å². The fourth-order valence-corrected chi connectivity index (χ4v) is 1.50. The van der Waals surface area contributed by atoms with Crippen LogP contribution in [0.3, 0.4) is 0 Å². The molecule has 0 saturated carbocycles. The topological polar surface area (TPSA) is 73.6 Å². The predicted octanol–water partition coefficient (Wildman–Crippen LogP) is 0.339. The van der Waals surface area contributed by atoms with Gasteiger partial charge in [-0.2, -0.15) is 0 Å². The molecule has 1 heterocycles. The Hall–Kier alpha value is -0.650. The number of carbonyl (C=O) groups is 1. The number of amides is 1. The summed E-state index contributed by atoms with van der Waals surface area (Å²) >= 11 is 0. The van der Waals surface area contributed by atoms with Crippen LogP contribution in [0.5, 0.6) is 0 Å². The molecule has 5 heteroatoms. The molecule has 3 N–H and O–H groups in total. The van der Waals surface area contributed by atoms with Crippen LogP contribution in [0.2, 0.25) is 0 Å². The van der Waals surface area contributed by atoms with Crippen molar-refractivity contribution in [3.63, 3.8) is 0 Å². The van der Waals surface area contributed by atoms with Crippen molar-refractivity contribution in [2.24, 2.45) is 5.84 Å². The van der Waals surface area contributed by atoms with Gasteiger partial charge in [0.1, 0.15) is 6.10 Å². The Bertz CT molecular complexity index is 211. The van der Waals surface area contributed by atoms with Crippen LogP contribution in [-0.4, -0.2) is 30.8 Å². The Kier molecular flexibility index (Phi) is 5.01. The molecule has 0 radical (unpaired) electrons. The van der Waals surface area contributed by atoms with E-state index in [0.717, 1.165) is 19.3 Å². The molecule has 5 nitrogen and oxygen atoms in total. The van der Waals surface area contributed by atoms with Crippen LogP contribution in [0.4, 0.5) is 0 Å². The van der Waals surface area contributed by atoms with Crippen molar-refractivity contribution < 1.29 is 14.3 Å². The first-order valence-electron chi connectivity index (χ1n) is 5.44. The molecule has 0 aromatic rings. The van der Waals surface area contributed by atoms with E-state index in [0.29, 0.717) is 6.61 Å². The highest BCUT2D eigenvalue weighted by molar-refractivity contribution is 5.80. The van der Waals surface area contributed by atoms with Gasteiger partial charge in [-0.15, -0.1) is 0 Å². The zero-order valence-electron chi connectivity index (χ0n) is 9.36. The molecule has 15 heavy (non-hydrogen) atoms. The van der Waals surface area contributed by atoms with Gasteiger partial charge in [0.15, 0.2) is 0 Å². The van der Waals surface area contributed by atoms with Gasteiger partial charge in [-0.1, -0.05) is 6.92 Å². The average Bonchev–Trinajstić information content (AvgIpc) is 2.73. The molecule has 0 aliphatic carbocycles. The third-order valence-corrected chi connectivity index (χ3v) is 2.68. The lowest BCUT2D eigenvalue weighted by Gasteiger charge is -2.15.